The van der Waals surface area contributed by atoms with E-state index in [1.807, 2.05) is 37.3 Å². The molecule has 0 saturated carbocycles. The molecule has 0 bridgehead atoms. The van der Waals surface area contributed by atoms with E-state index in [9.17, 15) is 0 Å². The molecule has 1 unspecified atom stereocenters. The van der Waals surface area contributed by atoms with Crippen molar-refractivity contribution in [3.63, 3.8) is 0 Å². The van der Waals surface area contributed by atoms with Gasteiger partial charge < -0.3 is 9.73 Å². The number of nitrogens with zero attached hydrogens (tertiary/aromatic N) is 3. The fraction of sp³-hybridized carbons (Fsp3) is 0.133. The van der Waals surface area contributed by atoms with Gasteiger partial charge >= 0.3 is 0 Å². The number of nitrogens with one attached hydrogen (secondary N) is 1. The van der Waals surface area contributed by atoms with E-state index in [2.05, 4.69) is 20.3 Å². The van der Waals surface area contributed by atoms with E-state index in [0.717, 1.165) is 11.3 Å². The van der Waals surface area contributed by atoms with Crippen LogP contribution in [0, 0.1) is 0 Å². The fourth-order valence-corrected chi connectivity index (χ4v) is 1.96. The van der Waals surface area contributed by atoms with Crippen LogP contribution in [0.1, 0.15) is 18.9 Å². The number of rotatable bonds is 4. The molecule has 2 heterocycles. The van der Waals surface area contributed by atoms with E-state index in [4.69, 9.17) is 16.0 Å². The summed E-state index contributed by atoms with van der Waals surface area (Å²) in [6, 6.07) is 9.68. The number of anilines is 1. The van der Waals surface area contributed by atoms with Crippen LogP contribution in [0.3, 0.4) is 0 Å². The number of hydrogen-bond acceptors (Lipinski definition) is 5. The maximum Gasteiger partial charge on any atom is 0.223 e. The summed E-state index contributed by atoms with van der Waals surface area (Å²) >= 11 is 5.75. The van der Waals surface area contributed by atoms with Gasteiger partial charge in [-0.25, -0.2) is 15.0 Å². The lowest BCUT2D eigenvalue weighted by atomic mass is 10.2. The molecule has 0 aliphatic heterocycles. The van der Waals surface area contributed by atoms with Gasteiger partial charge in [0, 0.05) is 5.56 Å². The fourth-order valence-electron chi connectivity index (χ4n) is 1.87. The molecule has 5 nitrogen and oxygen atoms in total. The summed E-state index contributed by atoms with van der Waals surface area (Å²) in [7, 11) is 0. The van der Waals surface area contributed by atoms with E-state index in [0.29, 0.717) is 16.9 Å². The van der Waals surface area contributed by atoms with Gasteiger partial charge in [-0.1, -0.05) is 41.9 Å². The highest BCUT2D eigenvalue weighted by molar-refractivity contribution is 6.30. The minimum atomic E-state index is -0.149. The molecule has 0 aliphatic rings. The minimum absolute atomic E-state index is 0.149. The highest BCUT2D eigenvalue weighted by Gasteiger charge is 2.14. The molecule has 0 fully saturated rings. The average molecular weight is 301 g/mol. The average Bonchev–Trinajstić information content (AvgIpc) is 3.00. The Balaban J connectivity index is 1.75. The Morgan fingerprint density at radius 3 is 2.48 bits per heavy atom. The van der Waals surface area contributed by atoms with Gasteiger partial charge in [0.25, 0.3) is 0 Å². The lowest BCUT2D eigenvalue weighted by molar-refractivity contribution is 0.484. The third kappa shape index (κ3) is 3.20. The predicted octanol–water partition coefficient (Wildman–Crippen LogP) is 3.96. The van der Waals surface area contributed by atoms with E-state index in [-0.39, 0.29) is 6.04 Å². The van der Waals surface area contributed by atoms with Gasteiger partial charge in [0.2, 0.25) is 11.8 Å². The van der Waals surface area contributed by atoms with E-state index in [1.165, 1.54) is 12.4 Å². The van der Waals surface area contributed by atoms with Crippen LogP contribution in [0.15, 0.2) is 53.3 Å². The zero-order valence-corrected chi connectivity index (χ0v) is 12.1. The van der Waals surface area contributed by atoms with Gasteiger partial charge in [-0.3, -0.25) is 0 Å². The van der Waals surface area contributed by atoms with Crippen LogP contribution in [-0.4, -0.2) is 15.0 Å². The molecule has 0 saturated heterocycles. The first-order valence-electron chi connectivity index (χ1n) is 6.47. The second-order valence-corrected chi connectivity index (χ2v) is 4.96. The molecule has 1 aromatic carbocycles. The molecular weight excluding hydrogens is 288 g/mol. The van der Waals surface area contributed by atoms with Crippen molar-refractivity contribution in [3.8, 4) is 11.3 Å². The lowest BCUT2D eigenvalue weighted by Crippen LogP contribution is -2.09. The first-order chi connectivity index (χ1) is 10.2. The summed E-state index contributed by atoms with van der Waals surface area (Å²) in [5, 5.41) is 3.61. The Hall–Kier alpha value is -2.40. The van der Waals surface area contributed by atoms with Gasteiger partial charge in [-0.2, -0.15) is 0 Å². The monoisotopic (exact) mass is 300 g/mol. The van der Waals surface area contributed by atoms with Crippen molar-refractivity contribution in [1.29, 1.82) is 0 Å². The Bertz CT molecular complexity index is 712. The number of oxazole rings is 1. The van der Waals surface area contributed by atoms with Crippen molar-refractivity contribution in [2.75, 3.05) is 5.32 Å². The van der Waals surface area contributed by atoms with Crippen LogP contribution in [0.25, 0.3) is 11.3 Å². The summed E-state index contributed by atoms with van der Waals surface area (Å²) in [4.78, 5) is 12.5. The van der Waals surface area contributed by atoms with Crippen LogP contribution in [0.4, 0.5) is 5.95 Å². The maximum atomic E-state index is 5.77. The number of aromatic nitrogens is 3. The van der Waals surface area contributed by atoms with Gasteiger partial charge in [-0.15, -0.1) is 0 Å². The number of halogens is 1. The minimum Gasteiger partial charge on any atom is -0.438 e. The Labute approximate surface area is 127 Å². The maximum absolute atomic E-state index is 5.77. The quantitative estimate of drug-likeness (QED) is 0.790. The zero-order chi connectivity index (χ0) is 14.7. The summed E-state index contributed by atoms with van der Waals surface area (Å²) in [5.74, 6) is 1.79. The van der Waals surface area contributed by atoms with Gasteiger partial charge in [0.05, 0.1) is 23.6 Å². The summed E-state index contributed by atoms with van der Waals surface area (Å²) < 4.78 is 5.77. The molecule has 3 rings (SSSR count). The predicted molar refractivity (Wildman–Crippen MR) is 81.0 cm³/mol. The Morgan fingerprint density at radius 2 is 1.76 bits per heavy atom. The van der Waals surface area contributed by atoms with Crippen molar-refractivity contribution in [2.45, 2.75) is 13.0 Å². The second-order valence-electron chi connectivity index (χ2n) is 4.52. The normalized spacial score (nSPS) is 12.1. The molecule has 106 valence electrons. The van der Waals surface area contributed by atoms with Gasteiger partial charge in [0.1, 0.15) is 6.04 Å². The lowest BCUT2D eigenvalue weighted by Gasteiger charge is -2.09. The molecule has 0 aliphatic carbocycles. The smallest absolute Gasteiger partial charge is 0.223 e. The molecule has 1 N–H and O–H groups in total. The van der Waals surface area contributed by atoms with Crippen LogP contribution in [0.5, 0.6) is 0 Å². The molecule has 0 radical (unpaired) electrons. The molecule has 6 heteroatoms. The van der Waals surface area contributed by atoms with Crippen molar-refractivity contribution >= 4 is 17.5 Å². The van der Waals surface area contributed by atoms with E-state index in [1.54, 1.807) is 6.20 Å². The second kappa shape index (κ2) is 5.93. The third-order valence-electron chi connectivity index (χ3n) is 2.92. The van der Waals surface area contributed by atoms with Crippen molar-refractivity contribution in [1.82, 2.24) is 15.0 Å². The van der Waals surface area contributed by atoms with Crippen molar-refractivity contribution in [3.05, 3.63) is 59.8 Å². The molecule has 1 atom stereocenters. The molecule has 0 spiro atoms. The molecular formula is C15H13ClN4O. The Kier molecular flexibility index (Phi) is 3.83. The first kappa shape index (κ1) is 13.6. The Morgan fingerprint density at radius 1 is 1.05 bits per heavy atom. The molecule has 3 aromatic rings. The highest BCUT2D eigenvalue weighted by atomic mass is 35.5. The van der Waals surface area contributed by atoms with Crippen LogP contribution in [-0.2, 0) is 0 Å². The van der Waals surface area contributed by atoms with E-state index >= 15 is 0 Å². The standard InChI is InChI=1S/C15H13ClN4O/c1-10(20-15-18-7-12(16)8-19-15)14-17-9-13(21-14)11-5-3-2-4-6-11/h2-10H,1H3,(H,18,19,20). The molecule has 2 aromatic heterocycles. The topological polar surface area (TPSA) is 63.8 Å². The first-order valence-corrected chi connectivity index (χ1v) is 6.85. The molecule has 0 amide bonds. The number of benzene rings is 1. The third-order valence-corrected chi connectivity index (χ3v) is 3.11. The summed E-state index contributed by atoms with van der Waals surface area (Å²) in [6.45, 7) is 1.93. The largest absolute Gasteiger partial charge is 0.438 e. The van der Waals surface area contributed by atoms with Crippen LogP contribution < -0.4 is 5.32 Å². The van der Waals surface area contributed by atoms with E-state index < -0.39 is 0 Å². The number of hydrogen-bond donors (Lipinski definition) is 1. The zero-order valence-electron chi connectivity index (χ0n) is 11.3. The van der Waals surface area contributed by atoms with Crippen LogP contribution in [0.2, 0.25) is 5.02 Å². The summed E-state index contributed by atoms with van der Waals surface area (Å²) in [5.41, 5.74) is 0.992. The SMILES string of the molecule is CC(Nc1ncc(Cl)cn1)c1ncc(-c2ccccc2)o1. The van der Waals surface area contributed by atoms with Crippen molar-refractivity contribution in [2.24, 2.45) is 0 Å². The van der Waals surface area contributed by atoms with Crippen LogP contribution >= 0.6 is 11.6 Å². The molecule has 21 heavy (non-hydrogen) atoms. The van der Waals surface area contributed by atoms with Gasteiger partial charge in [-0.05, 0) is 6.92 Å². The summed E-state index contributed by atoms with van der Waals surface area (Å²) in [6.07, 6.45) is 4.79. The highest BCUT2D eigenvalue weighted by Crippen LogP contribution is 2.24. The van der Waals surface area contributed by atoms with Crippen molar-refractivity contribution < 1.29 is 4.42 Å². The van der Waals surface area contributed by atoms with Gasteiger partial charge in [0.15, 0.2) is 5.76 Å².